The maximum atomic E-state index is 14.1. The fourth-order valence-corrected chi connectivity index (χ4v) is 5.18. The minimum Gasteiger partial charge on any atom is -0.497 e. The molecule has 2 heterocycles. The minimum atomic E-state index is -0.523. The van der Waals surface area contributed by atoms with Gasteiger partial charge in [0.2, 0.25) is 5.91 Å². The van der Waals surface area contributed by atoms with Crippen LogP contribution in [0.25, 0.3) is 0 Å². The molecule has 0 aliphatic carbocycles. The van der Waals surface area contributed by atoms with Crippen LogP contribution in [0.1, 0.15) is 10.4 Å². The fourth-order valence-electron chi connectivity index (χ4n) is 4.03. The molecule has 2 saturated heterocycles. The van der Waals surface area contributed by atoms with Crippen LogP contribution in [-0.4, -0.2) is 79.7 Å². The van der Waals surface area contributed by atoms with Crippen LogP contribution in [0.3, 0.4) is 0 Å². The summed E-state index contributed by atoms with van der Waals surface area (Å²) >= 11 is 1.56. The van der Waals surface area contributed by atoms with Gasteiger partial charge < -0.3 is 24.2 Å². The van der Waals surface area contributed by atoms with Gasteiger partial charge in [-0.25, -0.2) is 4.39 Å². The molecule has 0 spiro atoms. The highest BCUT2D eigenvalue weighted by molar-refractivity contribution is 7.99. The van der Waals surface area contributed by atoms with Crippen LogP contribution >= 0.6 is 11.8 Å². The monoisotopic (exact) mass is 459 g/mol. The lowest BCUT2D eigenvalue weighted by atomic mass is 10.1. The maximum Gasteiger partial charge on any atom is 0.255 e. The zero-order valence-electron chi connectivity index (χ0n) is 18.1. The molecule has 2 fully saturated rings. The Kier molecular flexibility index (Phi) is 6.74. The van der Waals surface area contributed by atoms with Crippen molar-refractivity contribution < 1.29 is 23.5 Å². The van der Waals surface area contributed by atoms with Gasteiger partial charge in [-0.1, -0.05) is 12.1 Å². The van der Waals surface area contributed by atoms with Crippen LogP contribution in [0.4, 0.5) is 10.1 Å². The molecule has 2 aliphatic heterocycles. The summed E-state index contributed by atoms with van der Waals surface area (Å²) in [5.74, 6) is 1.49. The molecule has 2 aromatic carbocycles. The Hall–Kier alpha value is -2.94. The van der Waals surface area contributed by atoms with E-state index in [9.17, 15) is 14.0 Å². The Morgan fingerprint density at radius 2 is 1.66 bits per heavy atom. The van der Waals surface area contributed by atoms with E-state index in [1.54, 1.807) is 51.9 Å². The number of halogens is 1. The summed E-state index contributed by atoms with van der Waals surface area (Å²) in [4.78, 5) is 31.9. The predicted octanol–water partition coefficient (Wildman–Crippen LogP) is 2.71. The molecule has 0 N–H and O–H groups in total. The first-order chi connectivity index (χ1) is 15.5. The lowest BCUT2D eigenvalue weighted by molar-refractivity contribution is -0.135. The number of benzene rings is 2. The third-order valence-electron chi connectivity index (χ3n) is 5.81. The minimum absolute atomic E-state index is 0.0635. The lowest BCUT2D eigenvalue weighted by Gasteiger charge is -2.38. The maximum absolute atomic E-state index is 14.1. The molecule has 2 amide bonds. The van der Waals surface area contributed by atoms with Crippen molar-refractivity contribution in [1.82, 2.24) is 9.80 Å². The van der Waals surface area contributed by atoms with Crippen molar-refractivity contribution in [2.75, 3.05) is 56.9 Å². The fraction of sp³-hybridized carbons (Fsp3) is 0.391. The number of para-hydroxylation sites is 1. The number of nitrogens with zero attached hydrogens (tertiary/aromatic N) is 3. The van der Waals surface area contributed by atoms with Crippen LogP contribution in [0, 0.1) is 5.82 Å². The summed E-state index contributed by atoms with van der Waals surface area (Å²) in [5.41, 5.74) is 0.977. The van der Waals surface area contributed by atoms with Crippen molar-refractivity contribution >= 4 is 29.3 Å². The second-order valence-electron chi connectivity index (χ2n) is 7.66. The van der Waals surface area contributed by atoms with Crippen molar-refractivity contribution in [2.24, 2.45) is 0 Å². The highest BCUT2D eigenvalue weighted by Crippen LogP contribution is 2.29. The molecular formula is C23H26FN3O4S. The summed E-state index contributed by atoms with van der Waals surface area (Å²) in [6.07, 6.45) is 0. The van der Waals surface area contributed by atoms with Gasteiger partial charge in [0.1, 0.15) is 23.4 Å². The molecule has 7 nitrogen and oxygen atoms in total. The van der Waals surface area contributed by atoms with Gasteiger partial charge in [-0.15, -0.1) is 11.8 Å². The van der Waals surface area contributed by atoms with Gasteiger partial charge in [-0.05, 0) is 24.3 Å². The first-order valence-corrected chi connectivity index (χ1v) is 11.6. The van der Waals surface area contributed by atoms with E-state index in [0.29, 0.717) is 60.6 Å². The van der Waals surface area contributed by atoms with Crippen molar-refractivity contribution in [3.05, 3.63) is 53.8 Å². The number of piperazine rings is 1. The number of methoxy groups -OCH3 is 2. The molecule has 4 rings (SSSR count). The summed E-state index contributed by atoms with van der Waals surface area (Å²) < 4.78 is 24.6. The SMILES string of the molecule is COc1cc(OC)cc(C(=O)N2CSCC2C(=O)N2CCN(c3ccccc3F)CC2)c1. The highest BCUT2D eigenvalue weighted by Gasteiger charge is 2.38. The van der Waals surface area contributed by atoms with Crippen molar-refractivity contribution in [3.8, 4) is 11.5 Å². The number of carbonyl (C=O) groups excluding carboxylic acids is 2. The Bertz CT molecular complexity index is 975. The smallest absolute Gasteiger partial charge is 0.255 e. The largest absolute Gasteiger partial charge is 0.497 e. The zero-order valence-corrected chi connectivity index (χ0v) is 18.9. The van der Waals surface area contributed by atoms with Gasteiger partial charge in [0.25, 0.3) is 5.91 Å². The second kappa shape index (κ2) is 9.68. The lowest BCUT2D eigenvalue weighted by Crippen LogP contribution is -2.55. The third-order valence-corrected chi connectivity index (χ3v) is 6.82. The van der Waals surface area contributed by atoms with Gasteiger partial charge in [-0.3, -0.25) is 9.59 Å². The van der Waals surface area contributed by atoms with E-state index >= 15 is 0 Å². The number of amides is 2. The first-order valence-electron chi connectivity index (χ1n) is 10.4. The van der Waals surface area contributed by atoms with Gasteiger partial charge in [0.15, 0.2) is 0 Å². The number of hydrogen-bond acceptors (Lipinski definition) is 6. The number of ether oxygens (including phenoxy) is 2. The average Bonchev–Trinajstić information content (AvgIpc) is 3.33. The highest BCUT2D eigenvalue weighted by atomic mass is 32.2. The molecule has 9 heteroatoms. The summed E-state index contributed by atoms with van der Waals surface area (Å²) in [6.45, 7) is 2.08. The quantitative estimate of drug-likeness (QED) is 0.685. The van der Waals surface area contributed by atoms with Gasteiger partial charge in [-0.2, -0.15) is 0 Å². The number of thioether (sulfide) groups is 1. The number of rotatable bonds is 5. The Morgan fingerprint density at radius 3 is 2.28 bits per heavy atom. The summed E-state index contributed by atoms with van der Waals surface area (Å²) in [6, 6.07) is 11.2. The van der Waals surface area contributed by atoms with Gasteiger partial charge in [0, 0.05) is 43.6 Å². The molecule has 2 aromatic rings. The normalized spacial score (nSPS) is 18.6. The molecule has 1 unspecified atom stereocenters. The van der Waals surface area contributed by atoms with Crippen molar-refractivity contribution in [2.45, 2.75) is 6.04 Å². The van der Waals surface area contributed by atoms with Crippen LogP contribution < -0.4 is 14.4 Å². The van der Waals surface area contributed by atoms with Crippen LogP contribution in [0.15, 0.2) is 42.5 Å². The predicted molar refractivity (Wildman–Crippen MR) is 122 cm³/mol. The van der Waals surface area contributed by atoms with E-state index < -0.39 is 6.04 Å². The topological polar surface area (TPSA) is 62.3 Å². The zero-order chi connectivity index (χ0) is 22.7. The number of hydrogen-bond donors (Lipinski definition) is 0. The Labute approximate surface area is 191 Å². The van der Waals surface area contributed by atoms with E-state index in [2.05, 4.69) is 0 Å². The van der Waals surface area contributed by atoms with Crippen LogP contribution in [0.5, 0.6) is 11.5 Å². The summed E-state index contributed by atoms with van der Waals surface area (Å²) in [7, 11) is 3.06. The van der Waals surface area contributed by atoms with E-state index in [4.69, 9.17) is 9.47 Å². The molecule has 1 atom stereocenters. The summed E-state index contributed by atoms with van der Waals surface area (Å²) in [5, 5.41) is 0. The third kappa shape index (κ3) is 4.48. The molecule has 0 bridgehead atoms. The first kappa shape index (κ1) is 22.3. The van der Waals surface area contributed by atoms with E-state index in [0.717, 1.165) is 0 Å². The Morgan fingerprint density at radius 1 is 1.00 bits per heavy atom. The van der Waals surface area contributed by atoms with Gasteiger partial charge >= 0.3 is 0 Å². The molecule has 0 radical (unpaired) electrons. The Balaban J connectivity index is 1.44. The molecule has 2 aliphatic rings. The molecule has 0 saturated carbocycles. The van der Waals surface area contributed by atoms with Crippen molar-refractivity contribution in [1.29, 1.82) is 0 Å². The molecular weight excluding hydrogens is 433 g/mol. The number of carbonyl (C=O) groups is 2. The molecule has 0 aromatic heterocycles. The molecule has 170 valence electrons. The average molecular weight is 460 g/mol. The number of anilines is 1. The second-order valence-corrected chi connectivity index (χ2v) is 8.66. The van der Waals surface area contributed by atoms with Gasteiger partial charge in [0.05, 0.1) is 25.8 Å². The van der Waals surface area contributed by atoms with Crippen LogP contribution in [0.2, 0.25) is 0 Å². The standard InChI is InChI=1S/C23H26FN3O4S/c1-30-17-11-16(12-18(13-17)31-2)22(28)27-15-32-14-21(27)23(29)26-9-7-25(8-10-26)20-6-4-3-5-19(20)24/h3-6,11-13,21H,7-10,14-15H2,1-2H3. The van der Waals surface area contributed by atoms with E-state index in [1.807, 2.05) is 11.0 Å². The van der Waals surface area contributed by atoms with E-state index in [1.165, 1.54) is 20.3 Å². The van der Waals surface area contributed by atoms with Crippen molar-refractivity contribution in [3.63, 3.8) is 0 Å². The molecule has 32 heavy (non-hydrogen) atoms. The van der Waals surface area contributed by atoms with Crippen LogP contribution in [-0.2, 0) is 4.79 Å². The van der Waals surface area contributed by atoms with E-state index in [-0.39, 0.29) is 17.6 Å².